The van der Waals surface area contributed by atoms with Gasteiger partial charge in [0.1, 0.15) is 18.3 Å². The highest BCUT2D eigenvalue weighted by Gasteiger charge is 2.46. The van der Waals surface area contributed by atoms with Crippen molar-refractivity contribution < 1.29 is 35.1 Å². The number of ether oxygens (including phenoxy) is 1. The first kappa shape index (κ1) is 10.4. The van der Waals surface area contributed by atoms with Crippen LogP contribution >= 0.6 is 0 Å². The molecule has 0 aliphatic carbocycles. The smallest absolute Gasteiger partial charge is 0.335 e. The minimum Gasteiger partial charge on any atom is -0.479 e. The fourth-order valence-electron chi connectivity index (χ4n) is 1.07. The lowest BCUT2D eigenvalue weighted by Crippen LogP contribution is -2.59. The maximum Gasteiger partial charge on any atom is 0.335 e. The number of aliphatic carboxylic acids is 1. The number of aliphatic hydroxyl groups excluding tert-OH is 4. The Morgan fingerprint density at radius 3 is 2.00 bits per heavy atom. The van der Waals surface area contributed by atoms with E-state index in [4.69, 9.17) is 25.5 Å². The molecule has 0 bridgehead atoms. The Balaban J connectivity index is 2.76. The van der Waals surface area contributed by atoms with E-state index >= 15 is 0 Å². The van der Waals surface area contributed by atoms with Crippen molar-refractivity contribution in [3.8, 4) is 0 Å². The van der Waals surface area contributed by atoms with Crippen LogP contribution in [-0.4, -0.2) is 62.2 Å². The Bertz CT molecular complexity index is 205. The van der Waals surface area contributed by atoms with Crippen LogP contribution in [0.4, 0.5) is 0 Å². The van der Waals surface area contributed by atoms with E-state index < -0.39 is 36.7 Å². The average molecular weight is 194 g/mol. The Labute approximate surface area is 72.8 Å². The maximum absolute atomic E-state index is 10.4. The first-order valence-corrected chi connectivity index (χ1v) is 3.55. The van der Waals surface area contributed by atoms with Crippen molar-refractivity contribution in [2.75, 3.05) is 0 Å². The van der Waals surface area contributed by atoms with Gasteiger partial charge in [-0.2, -0.15) is 0 Å². The molecule has 0 aromatic carbocycles. The third-order valence-electron chi connectivity index (χ3n) is 1.83. The molecule has 5 atom stereocenters. The predicted octanol–water partition coefficient (Wildman–Crippen LogP) is -3.13. The molecule has 13 heavy (non-hydrogen) atoms. The quantitative estimate of drug-likeness (QED) is 0.298. The third kappa shape index (κ3) is 1.79. The van der Waals surface area contributed by atoms with Crippen LogP contribution in [0.25, 0.3) is 0 Å². The van der Waals surface area contributed by atoms with Crippen molar-refractivity contribution in [3.63, 3.8) is 0 Å². The van der Waals surface area contributed by atoms with Crippen LogP contribution in [0, 0.1) is 0 Å². The minimum absolute atomic E-state index is 1.52. The molecular formula is C6H10O7. The largest absolute Gasteiger partial charge is 0.479 e. The van der Waals surface area contributed by atoms with Crippen molar-refractivity contribution in [2.24, 2.45) is 0 Å². The molecule has 0 amide bonds. The molecule has 0 radical (unpaired) electrons. The fraction of sp³-hybridized carbons (Fsp3) is 0.833. The first-order valence-electron chi connectivity index (χ1n) is 3.55. The number of rotatable bonds is 1. The standard InChI is InChI=1S/C6H10O7/c7-1-2(8)4(5(10)11)13-6(12)3(1)9/h1-4,6-9,12H,(H,10,11)/t1-,2-,3-,4?,6-/m1/s1. The molecule has 1 heterocycles. The van der Waals surface area contributed by atoms with E-state index in [0.29, 0.717) is 0 Å². The number of hydrogen-bond donors (Lipinski definition) is 5. The van der Waals surface area contributed by atoms with Crippen LogP contribution < -0.4 is 0 Å². The van der Waals surface area contributed by atoms with E-state index in [1.807, 2.05) is 0 Å². The number of carboxylic acids is 1. The average Bonchev–Trinajstić information content (AvgIpc) is 2.07. The van der Waals surface area contributed by atoms with Crippen LogP contribution in [0.5, 0.6) is 0 Å². The summed E-state index contributed by atoms with van der Waals surface area (Å²) in [5.74, 6) is -1.52. The molecule has 0 aromatic heterocycles. The summed E-state index contributed by atoms with van der Waals surface area (Å²) in [6, 6.07) is 0. The molecule has 7 nitrogen and oxygen atoms in total. The van der Waals surface area contributed by atoms with Gasteiger partial charge in [-0.3, -0.25) is 0 Å². The monoisotopic (exact) mass is 194 g/mol. The van der Waals surface area contributed by atoms with E-state index in [1.54, 1.807) is 0 Å². The topological polar surface area (TPSA) is 127 Å². The zero-order valence-electron chi connectivity index (χ0n) is 6.44. The molecule has 1 aliphatic heterocycles. The van der Waals surface area contributed by atoms with Gasteiger partial charge < -0.3 is 30.3 Å². The number of aliphatic hydroxyl groups is 4. The summed E-state index contributed by atoms with van der Waals surface area (Å²) in [5.41, 5.74) is 0. The zero-order chi connectivity index (χ0) is 10.2. The van der Waals surface area contributed by atoms with E-state index in [-0.39, 0.29) is 0 Å². The van der Waals surface area contributed by atoms with E-state index in [9.17, 15) is 4.79 Å². The van der Waals surface area contributed by atoms with Crippen molar-refractivity contribution in [1.29, 1.82) is 0 Å². The molecule has 5 N–H and O–H groups in total. The van der Waals surface area contributed by atoms with Crippen molar-refractivity contribution >= 4 is 5.97 Å². The van der Waals surface area contributed by atoms with E-state index in [1.165, 1.54) is 0 Å². The van der Waals surface area contributed by atoms with Crippen LogP contribution in [0.15, 0.2) is 0 Å². The van der Waals surface area contributed by atoms with E-state index in [0.717, 1.165) is 0 Å². The Kier molecular flexibility index (Phi) is 2.84. The molecule has 1 unspecified atom stereocenters. The van der Waals surface area contributed by atoms with Gasteiger partial charge in [0.2, 0.25) is 0 Å². The van der Waals surface area contributed by atoms with Gasteiger partial charge in [0, 0.05) is 0 Å². The second-order valence-corrected chi connectivity index (χ2v) is 2.76. The number of carbonyl (C=O) groups is 1. The summed E-state index contributed by atoms with van der Waals surface area (Å²) in [6.07, 6.45) is -8.72. The van der Waals surface area contributed by atoms with E-state index in [2.05, 4.69) is 4.74 Å². The van der Waals surface area contributed by atoms with Gasteiger partial charge in [0.15, 0.2) is 12.4 Å². The van der Waals surface area contributed by atoms with Crippen LogP contribution in [-0.2, 0) is 9.53 Å². The highest BCUT2D eigenvalue weighted by molar-refractivity contribution is 5.73. The second kappa shape index (κ2) is 3.56. The lowest BCUT2D eigenvalue weighted by atomic mass is 9.99. The summed E-state index contributed by atoms with van der Waals surface area (Å²) in [6.45, 7) is 0. The Morgan fingerprint density at radius 2 is 1.54 bits per heavy atom. The summed E-state index contributed by atoms with van der Waals surface area (Å²) in [5, 5.41) is 44.4. The molecular weight excluding hydrogens is 184 g/mol. The van der Waals surface area contributed by atoms with Gasteiger partial charge in [-0.05, 0) is 0 Å². The normalized spacial score (nSPS) is 46.0. The van der Waals surface area contributed by atoms with Crippen molar-refractivity contribution in [3.05, 3.63) is 0 Å². The van der Waals surface area contributed by atoms with Gasteiger partial charge in [0.25, 0.3) is 0 Å². The Hall–Kier alpha value is -0.730. The fourth-order valence-corrected chi connectivity index (χ4v) is 1.07. The highest BCUT2D eigenvalue weighted by atomic mass is 16.6. The molecule has 1 aliphatic rings. The van der Waals surface area contributed by atoms with Gasteiger partial charge in [0.05, 0.1) is 0 Å². The predicted molar refractivity (Wildman–Crippen MR) is 36.5 cm³/mol. The van der Waals surface area contributed by atoms with Crippen LogP contribution in [0.2, 0.25) is 0 Å². The molecule has 76 valence electrons. The Morgan fingerprint density at radius 1 is 1.00 bits per heavy atom. The van der Waals surface area contributed by atoms with Crippen molar-refractivity contribution in [2.45, 2.75) is 30.7 Å². The lowest BCUT2D eigenvalue weighted by Gasteiger charge is -2.36. The van der Waals surface area contributed by atoms with Crippen LogP contribution in [0.1, 0.15) is 0 Å². The summed E-state index contributed by atoms with van der Waals surface area (Å²) in [4.78, 5) is 10.4. The molecule has 1 saturated heterocycles. The summed E-state index contributed by atoms with van der Waals surface area (Å²) >= 11 is 0. The van der Waals surface area contributed by atoms with Gasteiger partial charge in [-0.1, -0.05) is 0 Å². The number of carboxylic acid groups (broad SMARTS) is 1. The van der Waals surface area contributed by atoms with Gasteiger partial charge in [-0.15, -0.1) is 0 Å². The molecule has 0 aromatic rings. The maximum atomic E-state index is 10.4. The minimum atomic E-state index is -1.81. The highest BCUT2D eigenvalue weighted by Crippen LogP contribution is 2.19. The lowest BCUT2D eigenvalue weighted by molar-refractivity contribution is -0.279. The molecule has 0 saturated carbocycles. The molecule has 7 heteroatoms. The van der Waals surface area contributed by atoms with Crippen LogP contribution in [0.3, 0.4) is 0 Å². The third-order valence-corrected chi connectivity index (χ3v) is 1.83. The molecule has 0 spiro atoms. The summed E-state index contributed by atoms with van der Waals surface area (Å²) < 4.78 is 4.34. The zero-order valence-corrected chi connectivity index (χ0v) is 6.44. The molecule has 1 fully saturated rings. The second-order valence-electron chi connectivity index (χ2n) is 2.76. The first-order chi connectivity index (χ1) is 5.95. The van der Waals surface area contributed by atoms with Gasteiger partial charge in [-0.25, -0.2) is 4.79 Å². The number of hydrogen-bond acceptors (Lipinski definition) is 6. The summed E-state index contributed by atoms with van der Waals surface area (Å²) in [7, 11) is 0. The SMILES string of the molecule is O=C(O)C1O[C@@H](O)[C@H](O)[C@H](O)[C@H]1O. The van der Waals surface area contributed by atoms with Gasteiger partial charge >= 0.3 is 5.97 Å². The molecule has 1 rings (SSSR count). The van der Waals surface area contributed by atoms with Crippen molar-refractivity contribution in [1.82, 2.24) is 0 Å².